The molecule has 1 heterocycles. The van der Waals surface area contributed by atoms with E-state index in [4.69, 9.17) is 9.15 Å². The van der Waals surface area contributed by atoms with E-state index in [0.717, 1.165) is 11.3 Å². The highest BCUT2D eigenvalue weighted by Gasteiger charge is 2.14. The quantitative estimate of drug-likeness (QED) is 0.602. The average molecular weight is 385 g/mol. The van der Waals surface area contributed by atoms with Gasteiger partial charge in [0.15, 0.2) is 0 Å². The summed E-state index contributed by atoms with van der Waals surface area (Å²) in [5.74, 6) is 1.63. The molecule has 0 bridgehead atoms. The van der Waals surface area contributed by atoms with Crippen LogP contribution in [0.5, 0.6) is 5.75 Å². The van der Waals surface area contributed by atoms with Crippen LogP contribution < -0.4 is 4.74 Å². The smallest absolute Gasteiger partial charge is 0.276 e. The molecule has 6 heteroatoms. The van der Waals surface area contributed by atoms with Gasteiger partial charge >= 0.3 is 0 Å². The van der Waals surface area contributed by atoms with Crippen LogP contribution in [0, 0.1) is 0 Å². The van der Waals surface area contributed by atoms with Crippen LogP contribution in [-0.2, 0) is 5.41 Å². The molecule has 0 radical (unpaired) electrons. The molecule has 0 unspecified atom stereocenters. The van der Waals surface area contributed by atoms with E-state index >= 15 is 0 Å². The van der Waals surface area contributed by atoms with Crippen LogP contribution in [0.25, 0.3) is 11.5 Å². The fourth-order valence-corrected chi connectivity index (χ4v) is 3.09. The standard InChI is InChI=1S/C21H24N2O3S/c1-21(2,3)16-9-11-18(12-10-16)25-13-17(24)14-27-20-23-22-19(26-20)15-7-5-4-6-8-15/h4-12,17,24H,13-14H2,1-3H3/t17-/m0/s1. The Morgan fingerprint density at radius 3 is 2.41 bits per heavy atom. The van der Waals surface area contributed by atoms with Crippen LogP contribution >= 0.6 is 11.8 Å². The van der Waals surface area contributed by atoms with Gasteiger partial charge in [-0.3, -0.25) is 0 Å². The van der Waals surface area contributed by atoms with Gasteiger partial charge in [-0.15, -0.1) is 10.2 Å². The molecule has 0 fully saturated rings. The highest BCUT2D eigenvalue weighted by atomic mass is 32.2. The summed E-state index contributed by atoms with van der Waals surface area (Å²) in [4.78, 5) is 0. The van der Waals surface area contributed by atoms with Crippen LogP contribution in [0.15, 0.2) is 64.2 Å². The molecule has 0 spiro atoms. The Hall–Kier alpha value is -2.31. The van der Waals surface area contributed by atoms with E-state index in [9.17, 15) is 5.11 Å². The van der Waals surface area contributed by atoms with Crippen LogP contribution in [0.3, 0.4) is 0 Å². The average Bonchev–Trinajstić information content (AvgIpc) is 3.14. The molecule has 1 N–H and O–H groups in total. The van der Waals surface area contributed by atoms with Crippen molar-refractivity contribution in [2.75, 3.05) is 12.4 Å². The number of ether oxygens (including phenoxy) is 1. The zero-order valence-electron chi connectivity index (χ0n) is 15.8. The first-order valence-corrected chi connectivity index (χ1v) is 9.83. The Balaban J connectivity index is 1.46. The molecule has 142 valence electrons. The van der Waals surface area contributed by atoms with Crippen LogP contribution in [0.4, 0.5) is 0 Å². The third-order valence-corrected chi connectivity index (χ3v) is 4.95. The van der Waals surface area contributed by atoms with E-state index in [2.05, 4.69) is 43.1 Å². The maximum absolute atomic E-state index is 10.1. The lowest BCUT2D eigenvalue weighted by atomic mass is 9.87. The molecule has 27 heavy (non-hydrogen) atoms. The van der Waals surface area contributed by atoms with Crippen molar-refractivity contribution in [2.45, 2.75) is 37.5 Å². The molecular weight excluding hydrogens is 360 g/mol. The summed E-state index contributed by atoms with van der Waals surface area (Å²) in [5, 5.41) is 18.6. The lowest BCUT2D eigenvalue weighted by Crippen LogP contribution is -2.20. The molecule has 1 aromatic heterocycles. The largest absolute Gasteiger partial charge is 0.491 e. The van der Waals surface area contributed by atoms with Crippen LogP contribution in [-0.4, -0.2) is 33.8 Å². The predicted octanol–water partition coefficient (Wildman–Crippen LogP) is 4.57. The molecular formula is C21H24N2O3S. The summed E-state index contributed by atoms with van der Waals surface area (Å²) < 4.78 is 11.3. The normalized spacial score (nSPS) is 12.7. The SMILES string of the molecule is CC(C)(C)c1ccc(OC[C@H](O)CSc2nnc(-c3ccccc3)o2)cc1. The molecule has 0 aliphatic rings. The van der Waals surface area contributed by atoms with E-state index in [1.54, 1.807) is 0 Å². The molecule has 5 nitrogen and oxygen atoms in total. The molecule has 0 saturated carbocycles. The molecule has 1 atom stereocenters. The van der Waals surface area contributed by atoms with Crippen molar-refractivity contribution in [3.63, 3.8) is 0 Å². The van der Waals surface area contributed by atoms with Gasteiger partial charge in [-0.05, 0) is 35.2 Å². The van der Waals surface area contributed by atoms with Crippen molar-refractivity contribution in [1.82, 2.24) is 10.2 Å². The summed E-state index contributed by atoms with van der Waals surface area (Å²) in [6.07, 6.45) is -0.635. The highest BCUT2D eigenvalue weighted by Crippen LogP contribution is 2.25. The number of aromatic nitrogens is 2. The Morgan fingerprint density at radius 1 is 1.04 bits per heavy atom. The van der Waals surface area contributed by atoms with Gasteiger partial charge < -0.3 is 14.3 Å². The molecule has 0 aliphatic carbocycles. The van der Waals surface area contributed by atoms with Crippen molar-refractivity contribution < 1.29 is 14.3 Å². The number of hydrogen-bond donors (Lipinski definition) is 1. The number of aliphatic hydroxyl groups excluding tert-OH is 1. The number of thioether (sulfide) groups is 1. The van der Waals surface area contributed by atoms with Crippen molar-refractivity contribution >= 4 is 11.8 Å². The topological polar surface area (TPSA) is 68.4 Å². The number of hydrogen-bond acceptors (Lipinski definition) is 6. The first kappa shape index (κ1) is 19.5. The van der Waals surface area contributed by atoms with Crippen molar-refractivity contribution in [3.8, 4) is 17.2 Å². The molecule has 3 aromatic rings. The second kappa shape index (κ2) is 8.59. The van der Waals surface area contributed by atoms with Gasteiger partial charge in [0, 0.05) is 11.3 Å². The lowest BCUT2D eigenvalue weighted by Gasteiger charge is -2.19. The van der Waals surface area contributed by atoms with Gasteiger partial charge in [0.1, 0.15) is 12.4 Å². The lowest BCUT2D eigenvalue weighted by molar-refractivity contribution is 0.126. The van der Waals surface area contributed by atoms with Gasteiger partial charge in [-0.2, -0.15) is 0 Å². The first-order chi connectivity index (χ1) is 12.9. The monoisotopic (exact) mass is 384 g/mol. The summed E-state index contributed by atoms with van der Waals surface area (Å²) in [7, 11) is 0. The highest BCUT2D eigenvalue weighted by molar-refractivity contribution is 7.99. The molecule has 0 amide bonds. The first-order valence-electron chi connectivity index (χ1n) is 8.85. The summed E-state index contributed by atoms with van der Waals surface area (Å²) in [6, 6.07) is 17.6. The van der Waals surface area contributed by atoms with Gasteiger partial charge in [-0.25, -0.2) is 0 Å². The second-order valence-corrected chi connectivity index (χ2v) is 8.26. The Morgan fingerprint density at radius 2 is 1.74 bits per heavy atom. The fourth-order valence-electron chi connectivity index (χ4n) is 2.42. The van der Waals surface area contributed by atoms with Gasteiger partial charge in [0.25, 0.3) is 5.22 Å². The minimum absolute atomic E-state index is 0.108. The van der Waals surface area contributed by atoms with Gasteiger partial charge in [0.2, 0.25) is 5.89 Å². The van der Waals surface area contributed by atoms with E-state index in [0.29, 0.717) is 16.9 Å². The van der Waals surface area contributed by atoms with E-state index in [-0.39, 0.29) is 12.0 Å². The van der Waals surface area contributed by atoms with Crippen molar-refractivity contribution in [3.05, 3.63) is 60.2 Å². The minimum atomic E-state index is -0.635. The zero-order chi connectivity index (χ0) is 19.3. The molecule has 0 aliphatic heterocycles. The molecule has 3 rings (SSSR count). The zero-order valence-corrected chi connectivity index (χ0v) is 16.6. The van der Waals surface area contributed by atoms with E-state index in [1.165, 1.54) is 17.3 Å². The van der Waals surface area contributed by atoms with Gasteiger partial charge in [0.05, 0.1) is 6.10 Å². The summed E-state index contributed by atoms with van der Waals surface area (Å²) >= 11 is 1.31. The number of nitrogens with zero attached hydrogens (tertiary/aromatic N) is 2. The van der Waals surface area contributed by atoms with Crippen molar-refractivity contribution in [2.24, 2.45) is 0 Å². The van der Waals surface area contributed by atoms with E-state index < -0.39 is 6.10 Å². The second-order valence-electron chi connectivity index (χ2n) is 7.29. The summed E-state index contributed by atoms with van der Waals surface area (Å²) in [6.45, 7) is 6.72. The number of benzene rings is 2. The maximum atomic E-state index is 10.1. The number of rotatable bonds is 7. The Bertz CT molecular complexity index is 842. The number of aliphatic hydroxyl groups is 1. The molecule has 2 aromatic carbocycles. The van der Waals surface area contributed by atoms with E-state index in [1.807, 2.05) is 42.5 Å². The Kier molecular flexibility index (Phi) is 6.19. The predicted molar refractivity (Wildman–Crippen MR) is 107 cm³/mol. The third-order valence-electron chi connectivity index (χ3n) is 3.99. The van der Waals surface area contributed by atoms with Gasteiger partial charge in [-0.1, -0.05) is 62.9 Å². The maximum Gasteiger partial charge on any atom is 0.276 e. The molecule has 0 saturated heterocycles. The summed E-state index contributed by atoms with van der Waals surface area (Å²) in [5.41, 5.74) is 2.23. The third kappa shape index (κ3) is 5.58. The van der Waals surface area contributed by atoms with Crippen molar-refractivity contribution in [1.29, 1.82) is 0 Å². The Labute approximate surface area is 163 Å². The van der Waals surface area contributed by atoms with Crippen LogP contribution in [0.1, 0.15) is 26.3 Å². The van der Waals surface area contributed by atoms with Crippen LogP contribution in [0.2, 0.25) is 0 Å². The fraction of sp³-hybridized carbons (Fsp3) is 0.333. The minimum Gasteiger partial charge on any atom is -0.491 e.